The summed E-state index contributed by atoms with van der Waals surface area (Å²) in [6, 6.07) is 14.6. The second-order valence-electron chi connectivity index (χ2n) is 5.99. The smallest absolute Gasteiger partial charge is 0.243 e. The lowest BCUT2D eigenvalue weighted by Gasteiger charge is -2.25. The van der Waals surface area contributed by atoms with Crippen molar-refractivity contribution in [1.82, 2.24) is 4.31 Å². The number of fused-ring (bicyclic) bond motifs is 1. The number of hydrogen-bond acceptors (Lipinski definition) is 4. The van der Waals surface area contributed by atoms with E-state index < -0.39 is 10.0 Å². The van der Waals surface area contributed by atoms with Crippen LogP contribution in [-0.2, 0) is 10.0 Å². The highest BCUT2D eigenvalue weighted by molar-refractivity contribution is 7.89. The lowest BCUT2D eigenvalue weighted by molar-refractivity contribution is 0.171. The van der Waals surface area contributed by atoms with Gasteiger partial charge in [-0.25, -0.2) is 8.42 Å². The molecule has 0 radical (unpaired) electrons. The summed E-state index contributed by atoms with van der Waals surface area (Å²) >= 11 is 0. The zero-order valence-electron chi connectivity index (χ0n) is 13.2. The second kappa shape index (κ2) is 6.11. The van der Waals surface area contributed by atoms with E-state index in [9.17, 15) is 8.42 Å². The fraction of sp³-hybridized carbons (Fsp3) is 0.333. The van der Waals surface area contributed by atoms with Crippen LogP contribution in [0.4, 0.5) is 0 Å². The first-order valence-corrected chi connectivity index (χ1v) is 9.57. The van der Waals surface area contributed by atoms with Gasteiger partial charge >= 0.3 is 0 Å². The van der Waals surface area contributed by atoms with Crippen molar-refractivity contribution in [2.24, 2.45) is 0 Å². The van der Waals surface area contributed by atoms with Crippen LogP contribution in [0.1, 0.15) is 24.4 Å². The molecule has 0 bridgehead atoms. The first kappa shape index (κ1) is 15.5. The number of benzene rings is 2. The van der Waals surface area contributed by atoms with Crippen LogP contribution in [-0.4, -0.2) is 32.5 Å². The third-order valence-corrected chi connectivity index (χ3v) is 6.41. The van der Waals surface area contributed by atoms with Gasteiger partial charge in [0.1, 0.15) is 13.2 Å². The Morgan fingerprint density at radius 3 is 2.50 bits per heavy atom. The van der Waals surface area contributed by atoms with E-state index >= 15 is 0 Å². The van der Waals surface area contributed by atoms with Crippen molar-refractivity contribution in [1.29, 1.82) is 0 Å². The van der Waals surface area contributed by atoms with Gasteiger partial charge in [0.25, 0.3) is 0 Å². The maximum Gasteiger partial charge on any atom is 0.243 e. The first-order valence-electron chi connectivity index (χ1n) is 8.13. The van der Waals surface area contributed by atoms with Gasteiger partial charge in [0.05, 0.1) is 10.9 Å². The van der Waals surface area contributed by atoms with Gasteiger partial charge in [0.15, 0.2) is 11.5 Å². The minimum Gasteiger partial charge on any atom is -0.486 e. The Labute approximate surface area is 141 Å². The van der Waals surface area contributed by atoms with Gasteiger partial charge < -0.3 is 9.47 Å². The highest BCUT2D eigenvalue weighted by atomic mass is 32.2. The van der Waals surface area contributed by atoms with Crippen molar-refractivity contribution in [3.63, 3.8) is 0 Å². The van der Waals surface area contributed by atoms with Crippen molar-refractivity contribution < 1.29 is 17.9 Å². The molecule has 0 N–H and O–H groups in total. The predicted molar refractivity (Wildman–Crippen MR) is 89.7 cm³/mol. The normalized spacial score (nSPS) is 20.9. The summed E-state index contributed by atoms with van der Waals surface area (Å²) < 4.78 is 38.9. The molecule has 0 aromatic heterocycles. The number of sulfonamides is 1. The molecule has 0 aliphatic carbocycles. The molecule has 0 amide bonds. The summed E-state index contributed by atoms with van der Waals surface area (Å²) in [5, 5.41) is 0. The van der Waals surface area contributed by atoms with E-state index in [0.717, 1.165) is 18.4 Å². The lowest BCUT2D eigenvalue weighted by atomic mass is 10.1. The van der Waals surface area contributed by atoms with E-state index in [1.807, 2.05) is 30.3 Å². The Kier molecular flexibility index (Phi) is 3.94. The van der Waals surface area contributed by atoms with Crippen molar-refractivity contribution in [3.05, 3.63) is 54.1 Å². The predicted octanol–water partition coefficient (Wildman–Crippen LogP) is 2.98. The van der Waals surface area contributed by atoms with E-state index in [-0.39, 0.29) is 10.9 Å². The van der Waals surface area contributed by atoms with Crippen LogP contribution in [0.15, 0.2) is 53.4 Å². The molecule has 2 heterocycles. The zero-order chi connectivity index (χ0) is 16.6. The first-order chi connectivity index (χ1) is 11.7. The van der Waals surface area contributed by atoms with Crippen LogP contribution in [0, 0.1) is 0 Å². The molecule has 2 aromatic carbocycles. The molecule has 2 aromatic rings. The summed E-state index contributed by atoms with van der Waals surface area (Å²) in [5.41, 5.74) is 1.04. The van der Waals surface area contributed by atoms with Crippen molar-refractivity contribution in [2.45, 2.75) is 23.8 Å². The lowest BCUT2D eigenvalue weighted by Crippen LogP contribution is -2.30. The van der Waals surface area contributed by atoms with Crippen LogP contribution in [0.3, 0.4) is 0 Å². The largest absolute Gasteiger partial charge is 0.486 e. The molecule has 126 valence electrons. The van der Waals surface area contributed by atoms with E-state index in [2.05, 4.69) is 0 Å². The molecule has 5 nitrogen and oxygen atoms in total. The minimum atomic E-state index is -3.57. The number of hydrogen-bond donors (Lipinski definition) is 0. The van der Waals surface area contributed by atoms with Gasteiger partial charge in [-0.3, -0.25) is 0 Å². The Hall–Kier alpha value is -2.05. The van der Waals surface area contributed by atoms with Crippen LogP contribution < -0.4 is 9.47 Å². The summed E-state index contributed by atoms with van der Waals surface area (Å²) in [7, 11) is -3.57. The summed E-state index contributed by atoms with van der Waals surface area (Å²) in [4.78, 5) is 0.259. The van der Waals surface area contributed by atoms with Gasteiger partial charge in [-0.2, -0.15) is 4.31 Å². The van der Waals surface area contributed by atoms with Crippen LogP contribution in [0.25, 0.3) is 0 Å². The molecule has 2 aliphatic heterocycles. The maximum absolute atomic E-state index is 13.1. The molecule has 0 saturated carbocycles. The Morgan fingerprint density at radius 2 is 1.71 bits per heavy atom. The summed E-state index contributed by atoms with van der Waals surface area (Å²) in [6.45, 7) is 1.46. The molecule has 1 atom stereocenters. The van der Waals surface area contributed by atoms with E-state index in [1.165, 1.54) is 0 Å². The highest BCUT2D eigenvalue weighted by Crippen LogP contribution is 2.39. The quantitative estimate of drug-likeness (QED) is 0.858. The van der Waals surface area contributed by atoms with Crippen LogP contribution >= 0.6 is 0 Å². The van der Waals surface area contributed by atoms with E-state index in [4.69, 9.17) is 9.47 Å². The van der Waals surface area contributed by atoms with Crippen LogP contribution in [0.5, 0.6) is 11.5 Å². The number of rotatable bonds is 3. The third kappa shape index (κ3) is 2.65. The highest BCUT2D eigenvalue weighted by Gasteiger charge is 2.36. The summed E-state index contributed by atoms with van der Waals surface area (Å²) in [6.07, 6.45) is 1.71. The van der Waals surface area contributed by atoms with Gasteiger partial charge in [-0.15, -0.1) is 0 Å². The van der Waals surface area contributed by atoms with E-state index in [1.54, 1.807) is 22.5 Å². The topological polar surface area (TPSA) is 55.8 Å². The fourth-order valence-corrected chi connectivity index (χ4v) is 5.05. The fourth-order valence-electron chi connectivity index (χ4n) is 3.36. The third-order valence-electron chi connectivity index (χ3n) is 4.51. The number of nitrogens with zero attached hydrogens (tertiary/aromatic N) is 1. The second-order valence-corrected chi connectivity index (χ2v) is 7.88. The Balaban J connectivity index is 1.69. The van der Waals surface area contributed by atoms with Crippen molar-refractivity contribution in [2.75, 3.05) is 19.8 Å². The molecule has 1 unspecified atom stereocenters. The van der Waals surface area contributed by atoms with Gasteiger partial charge in [-0.05, 0) is 30.5 Å². The Morgan fingerprint density at radius 1 is 0.958 bits per heavy atom. The molecule has 4 rings (SSSR count). The summed E-state index contributed by atoms with van der Waals surface area (Å²) in [5.74, 6) is 1.10. The van der Waals surface area contributed by atoms with Crippen molar-refractivity contribution >= 4 is 10.0 Å². The minimum absolute atomic E-state index is 0.107. The SMILES string of the molecule is O=S(=O)(c1ccc2c(c1)OCCO2)N1CCCC1c1ccccc1. The molecule has 1 fully saturated rings. The number of ether oxygens (including phenoxy) is 2. The standard InChI is InChI=1S/C18H19NO4S/c20-24(21,15-8-9-17-18(13-15)23-12-11-22-17)19-10-4-7-16(19)14-5-2-1-3-6-14/h1-3,5-6,8-9,13,16H,4,7,10-12H2. The molecule has 2 aliphatic rings. The zero-order valence-corrected chi connectivity index (χ0v) is 14.0. The van der Waals surface area contributed by atoms with Gasteiger partial charge in [0.2, 0.25) is 10.0 Å². The monoisotopic (exact) mass is 345 g/mol. The molecular weight excluding hydrogens is 326 g/mol. The molecular formula is C18H19NO4S. The average molecular weight is 345 g/mol. The van der Waals surface area contributed by atoms with Crippen molar-refractivity contribution in [3.8, 4) is 11.5 Å². The molecule has 24 heavy (non-hydrogen) atoms. The van der Waals surface area contributed by atoms with E-state index in [0.29, 0.717) is 31.3 Å². The average Bonchev–Trinajstić information content (AvgIpc) is 3.13. The molecule has 1 saturated heterocycles. The van der Waals surface area contributed by atoms with Gasteiger partial charge in [0, 0.05) is 12.6 Å². The molecule has 0 spiro atoms. The molecule has 6 heteroatoms. The Bertz CT molecular complexity index is 835. The van der Waals surface area contributed by atoms with Gasteiger partial charge in [-0.1, -0.05) is 30.3 Å². The maximum atomic E-state index is 13.1. The van der Waals surface area contributed by atoms with Crippen LogP contribution in [0.2, 0.25) is 0 Å².